The van der Waals surface area contributed by atoms with E-state index in [4.69, 9.17) is 9.05 Å². The molecule has 3 nitrogen and oxygen atoms in total. The minimum Gasteiger partial charge on any atom is -0.306 e. The first kappa shape index (κ1) is 15.3. The van der Waals surface area contributed by atoms with Crippen LogP contribution in [-0.4, -0.2) is 13.2 Å². The largest absolute Gasteiger partial charge is 0.354 e. The van der Waals surface area contributed by atoms with Crippen LogP contribution in [0, 0.1) is 16.7 Å². The molecule has 2 bridgehead atoms. The summed E-state index contributed by atoms with van der Waals surface area (Å²) in [6.07, 6.45) is 3.70. The molecule has 0 aliphatic heterocycles. The van der Waals surface area contributed by atoms with Crippen molar-refractivity contribution in [1.29, 1.82) is 0 Å². The van der Waals surface area contributed by atoms with Gasteiger partial charge in [-0.25, -0.2) is 0 Å². The van der Waals surface area contributed by atoms with Crippen molar-refractivity contribution in [3.05, 3.63) is 11.4 Å². The van der Waals surface area contributed by atoms with E-state index < -0.39 is 7.60 Å². The van der Waals surface area contributed by atoms with Crippen molar-refractivity contribution in [2.45, 2.75) is 53.9 Å². The number of fused-ring (bicyclic) bond motifs is 2. The molecule has 0 heterocycles. The van der Waals surface area contributed by atoms with Gasteiger partial charge in [-0.1, -0.05) is 26.3 Å². The molecule has 110 valence electrons. The fourth-order valence-corrected chi connectivity index (χ4v) is 5.96. The molecule has 0 unspecified atom stereocenters. The van der Waals surface area contributed by atoms with Crippen LogP contribution in [-0.2, 0) is 13.6 Å². The third-order valence-electron chi connectivity index (χ3n) is 5.01. The van der Waals surface area contributed by atoms with E-state index in [1.165, 1.54) is 24.8 Å². The van der Waals surface area contributed by atoms with Gasteiger partial charge in [0.15, 0.2) is 0 Å². The van der Waals surface area contributed by atoms with Gasteiger partial charge in [0.05, 0.1) is 13.2 Å². The SMILES string of the molecule is CCOP(=O)(/C=C1/C(C)(C)[C@H]2CC[C@]1(C)C2)OCC. The molecule has 0 radical (unpaired) electrons. The molecule has 2 aliphatic rings. The van der Waals surface area contributed by atoms with E-state index in [1.807, 2.05) is 19.7 Å². The average molecular weight is 286 g/mol. The Balaban J connectivity index is 2.38. The topological polar surface area (TPSA) is 35.5 Å². The van der Waals surface area contributed by atoms with E-state index in [1.54, 1.807) is 0 Å². The van der Waals surface area contributed by atoms with Gasteiger partial charge < -0.3 is 9.05 Å². The lowest BCUT2D eigenvalue weighted by Crippen LogP contribution is -2.26. The van der Waals surface area contributed by atoms with Gasteiger partial charge in [0.25, 0.3) is 0 Å². The van der Waals surface area contributed by atoms with Crippen molar-refractivity contribution in [2.24, 2.45) is 16.7 Å². The van der Waals surface area contributed by atoms with E-state index in [2.05, 4.69) is 20.8 Å². The molecule has 2 saturated carbocycles. The van der Waals surface area contributed by atoms with Crippen molar-refractivity contribution < 1.29 is 13.6 Å². The van der Waals surface area contributed by atoms with Crippen LogP contribution in [0.15, 0.2) is 11.4 Å². The Morgan fingerprint density at radius 1 is 1.26 bits per heavy atom. The van der Waals surface area contributed by atoms with Crippen molar-refractivity contribution >= 4 is 7.60 Å². The summed E-state index contributed by atoms with van der Waals surface area (Å²) >= 11 is 0. The Morgan fingerprint density at radius 3 is 2.26 bits per heavy atom. The number of allylic oxidation sites excluding steroid dienone is 1. The normalized spacial score (nSPS) is 35.2. The van der Waals surface area contributed by atoms with E-state index >= 15 is 0 Å². The van der Waals surface area contributed by atoms with Crippen molar-refractivity contribution in [2.75, 3.05) is 13.2 Å². The Morgan fingerprint density at radius 2 is 1.84 bits per heavy atom. The number of hydrogen-bond donors (Lipinski definition) is 0. The number of hydrogen-bond acceptors (Lipinski definition) is 3. The molecule has 0 aromatic carbocycles. The first-order valence-electron chi connectivity index (χ1n) is 7.40. The van der Waals surface area contributed by atoms with Gasteiger partial charge in [0.1, 0.15) is 0 Å². The predicted octanol–water partition coefficient (Wildman–Crippen LogP) is 4.98. The highest BCUT2D eigenvalue weighted by Crippen LogP contribution is 2.68. The molecule has 2 fully saturated rings. The summed E-state index contributed by atoms with van der Waals surface area (Å²) in [7, 11) is -3.08. The smallest absolute Gasteiger partial charge is 0.306 e. The monoisotopic (exact) mass is 286 g/mol. The van der Waals surface area contributed by atoms with Crippen molar-refractivity contribution in [3.63, 3.8) is 0 Å². The van der Waals surface area contributed by atoms with Crippen LogP contribution in [0.4, 0.5) is 0 Å². The molecule has 4 heteroatoms. The lowest BCUT2D eigenvalue weighted by molar-refractivity contribution is 0.225. The van der Waals surface area contributed by atoms with Crippen LogP contribution in [0.25, 0.3) is 0 Å². The molecule has 19 heavy (non-hydrogen) atoms. The molecular weight excluding hydrogens is 259 g/mol. The maximum atomic E-state index is 12.8. The van der Waals surface area contributed by atoms with Crippen LogP contribution >= 0.6 is 7.60 Å². The van der Waals surface area contributed by atoms with Gasteiger partial charge >= 0.3 is 7.60 Å². The van der Waals surface area contributed by atoms with Crippen molar-refractivity contribution in [3.8, 4) is 0 Å². The second kappa shape index (κ2) is 5.02. The zero-order valence-corrected chi connectivity index (χ0v) is 13.8. The molecule has 0 aromatic heterocycles. The lowest BCUT2D eigenvalue weighted by Gasteiger charge is -2.37. The second-order valence-corrected chi connectivity index (χ2v) is 8.49. The third-order valence-corrected chi connectivity index (χ3v) is 6.82. The molecule has 2 aliphatic carbocycles. The summed E-state index contributed by atoms with van der Waals surface area (Å²) in [5.74, 6) is 2.56. The molecular formula is C15H27O3P. The van der Waals surface area contributed by atoms with Crippen LogP contribution in [0.3, 0.4) is 0 Å². The summed E-state index contributed by atoms with van der Waals surface area (Å²) < 4.78 is 23.6. The summed E-state index contributed by atoms with van der Waals surface area (Å²) in [4.78, 5) is 0. The van der Waals surface area contributed by atoms with E-state index in [0.717, 1.165) is 0 Å². The Labute approximate surface area is 117 Å². The van der Waals surface area contributed by atoms with Crippen LogP contribution in [0.5, 0.6) is 0 Å². The summed E-state index contributed by atoms with van der Waals surface area (Å²) in [6, 6.07) is 0. The van der Waals surface area contributed by atoms with Crippen LogP contribution < -0.4 is 0 Å². The Bertz CT molecular complexity index is 410. The maximum absolute atomic E-state index is 12.8. The van der Waals surface area contributed by atoms with Gasteiger partial charge in [-0.05, 0) is 49.9 Å². The Hall–Kier alpha value is -0.110. The van der Waals surface area contributed by atoms with Crippen LogP contribution in [0.2, 0.25) is 0 Å². The zero-order chi connectivity index (χ0) is 14.3. The Kier molecular flexibility index (Phi) is 4.04. The zero-order valence-electron chi connectivity index (χ0n) is 12.9. The third kappa shape index (κ3) is 2.57. The van der Waals surface area contributed by atoms with Gasteiger partial charge in [0.2, 0.25) is 0 Å². The second-order valence-electron chi connectivity index (χ2n) is 6.64. The standard InChI is InChI=1S/C15H27O3P/c1-6-17-19(16,18-7-2)11-13-14(3,4)12-8-9-15(13,5)10-12/h11-12H,6-10H2,1-5H3/b13-11-/t12-,15+/m0/s1. The van der Waals surface area contributed by atoms with E-state index in [0.29, 0.717) is 19.1 Å². The fourth-order valence-electron chi connectivity index (χ4n) is 4.05. The van der Waals surface area contributed by atoms with E-state index in [-0.39, 0.29) is 10.8 Å². The highest BCUT2D eigenvalue weighted by molar-refractivity contribution is 7.57. The highest BCUT2D eigenvalue weighted by atomic mass is 31.2. The first-order valence-corrected chi connectivity index (χ1v) is 9.01. The minimum absolute atomic E-state index is 0.122. The quantitative estimate of drug-likeness (QED) is 0.668. The predicted molar refractivity (Wildman–Crippen MR) is 78.2 cm³/mol. The summed E-state index contributed by atoms with van der Waals surface area (Å²) in [6.45, 7) is 11.4. The van der Waals surface area contributed by atoms with Gasteiger partial charge in [-0.3, -0.25) is 4.57 Å². The minimum atomic E-state index is -3.08. The summed E-state index contributed by atoms with van der Waals surface area (Å²) in [5, 5.41) is 0. The molecule has 0 amide bonds. The fraction of sp³-hybridized carbons (Fsp3) is 0.867. The molecule has 0 aromatic rings. The van der Waals surface area contributed by atoms with Crippen LogP contribution in [0.1, 0.15) is 53.9 Å². The highest BCUT2D eigenvalue weighted by Gasteiger charge is 2.56. The number of rotatable bonds is 5. The first-order chi connectivity index (χ1) is 8.77. The van der Waals surface area contributed by atoms with Gasteiger partial charge in [-0.2, -0.15) is 0 Å². The molecule has 0 N–H and O–H groups in total. The van der Waals surface area contributed by atoms with Gasteiger partial charge in [0, 0.05) is 5.82 Å². The molecule has 0 saturated heterocycles. The van der Waals surface area contributed by atoms with Gasteiger partial charge in [-0.15, -0.1) is 0 Å². The van der Waals surface area contributed by atoms with Crippen molar-refractivity contribution in [1.82, 2.24) is 0 Å². The average Bonchev–Trinajstić information content (AvgIpc) is 2.77. The summed E-state index contributed by atoms with van der Waals surface area (Å²) in [5.41, 5.74) is 1.61. The van der Waals surface area contributed by atoms with E-state index in [9.17, 15) is 4.57 Å². The lowest BCUT2D eigenvalue weighted by atomic mass is 9.69. The molecule has 2 rings (SSSR count). The molecule has 2 atom stereocenters. The maximum Gasteiger partial charge on any atom is 0.354 e. The molecule has 0 spiro atoms.